The Morgan fingerprint density at radius 1 is 0.941 bits per heavy atom. The van der Waals surface area contributed by atoms with Crippen LogP contribution in [-0.4, -0.2) is 11.6 Å². The molecule has 1 unspecified atom stereocenters. The van der Waals surface area contributed by atoms with Crippen molar-refractivity contribution in [3.05, 3.63) is 0 Å². The smallest absolute Gasteiger partial charge is 0.143 e. The molecule has 0 N–H and O–H groups in total. The predicted octanol–water partition coefficient (Wildman–Crippen LogP) is 4.31. The van der Waals surface area contributed by atoms with Crippen molar-refractivity contribution < 1.29 is 9.59 Å². The molecule has 0 aromatic heterocycles. The van der Waals surface area contributed by atoms with E-state index in [0.717, 1.165) is 12.8 Å². The van der Waals surface area contributed by atoms with Crippen LogP contribution >= 0.6 is 0 Å². The summed E-state index contributed by atoms with van der Waals surface area (Å²) < 4.78 is 0. The highest BCUT2D eigenvalue weighted by Gasteiger charge is 2.13. The molecule has 0 aliphatic rings. The molecule has 0 heterocycles. The first-order chi connectivity index (χ1) is 8.07. The van der Waals surface area contributed by atoms with Crippen LogP contribution in [0.3, 0.4) is 0 Å². The number of Topliss-reactive ketones (excluding diaryl/α,β-unsaturated/α-hetero) is 2. The summed E-state index contributed by atoms with van der Waals surface area (Å²) >= 11 is 0. The molecule has 0 radical (unpaired) electrons. The molecule has 1 atom stereocenters. The van der Waals surface area contributed by atoms with Crippen molar-refractivity contribution in [3.63, 3.8) is 0 Å². The summed E-state index contributed by atoms with van der Waals surface area (Å²) in [5.74, 6) is 0.166. The Morgan fingerprint density at radius 2 is 1.47 bits per heavy atom. The lowest BCUT2D eigenvalue weighted by molar-refractivity contribution is -0.128. The van der Waals surface area contributed by atoms with Crippen LogP contribution in [-0.2, 0) is 9.59 Å². The zero-order valence-corrected chi connectivity index (χ0v) is 11.8. The molecule has 2 heteroatoms. The number of unbranched alkanes of at least 4 members (excludes halogenated alkanes) is 6. The second-order valence-corrected chi connectivity index (χ2v) is 5.16. The Hall–Kier alpha value is -0.660. The van der Waals surface area contributed by atoms with Gasteiger partial charge in [-0.1, -0.05) is 58.8 Å². The van der Waals surface area contributed by atoms with Gasteiger partial charge in [-0.25, -0.2) is 0 Å². The Balaban J connectivity index is 3.41. The van der Waals surface area contributed by atoms with E-state index in [9.17, 15) is 9.59 Å². The molecule has 0 spiro atoms. The largest absolute Gasteiger partial charge is 0.300 e. The minimum atomic E-state index is -0.0126. The molecule has 2 nitrogen and oxygen atoms in total. The van der Waals surface area contributed by atoms with Gasteiger partial charge in [0.2, 0.25) is 0 Å². The van der Waals surface area contributed by atoms with Crippen LogP contribution in [0.5, 0.6) is 0 Å². The van der Waals surface area contributed by atoms with Crippen LogP contribution in [0.2, 0.25) is 0 Å². The average molecular weight is 240 g/mol. The minimum Gasteiger partial charge on any atom is -0.300 e. The molecule has 0 aromatic rings. The van der Waals surface area contributed by atoms with Crippen molar-refractivity contribution in [2.24, 2.45) is 5.92 Å². The molecule has 17 heavy (non-hydrogen) atoms. The molecule has 0 saturated carbocycles. The highest BCUT2D eigenvalue weighted by atomic mass is 16.1. The first-order valence-corrected chi connectivity index (χ1v) is 7.10. The van der Waals surface area contributed by atoms with Gasteiger partial charge in [-0.2, -0.15) is 0 Å². The maximum Gasteiger partial charge on any atom is 0.143 e. The van der Waals surface area contributed by atoms with Gasteiger partial charge in [-0.3, -0.25) is 9.59 Å². The number of carbonyl (C=O) groups is 2. The number of hydrogen-bond donors (Lipinski definition) is 0. The van der Waals surface area contributed by atoms with Gasteiger partial charge < -0.3 is 0 Å². The van der Waals surface area contributed by atoms with E-state index in [0.29, 0.717) is 0 Å². The first-order valence-electron chi connectivity index (χ1n) is 7.10. The molecule has 0 fully saturated rings. The molecule has 0 amide bonds. The Bertz CT molecular complexity index is 221. The van der Waals surface area contributed by atoms with Crippen LogP contribution < -0.4 is 0 Å². The van der Waals surface area contributed by atoms with Crippen LogP contribution in [0.25, 0.3) is 0 Å². The molecular formula is C15H28O2. The highest BCUT2D eigenvalue weighted by Crippen LogP contribution is 2.14. The third-order valence-electron chi connectivity index (χ3n) is 3.21. The van der Waals surface area contributed by atoms with E-state index in [4.69, 9.17) is 0 Å². The van der Waals surface area contributed by atoms with Crippen LogP contribution in [0.4, 0.5) is 0 Å². The van der Waals surface area contributed by atoms with Crippen molar-refractivity contribution in [1.82, 2.24) is 0 Å². The summed E-state index contributed by atoms with van der Waals surface area (Å²) in [4.78, 5) is 22.4. The van der Waals surface area contributed by atoms with Gasteiger partial charge in [-0.05, 0) is 13.3 Å². The summed E-state index contributed by atoms with van der Waals surface area (Å²) in [6.45, 7) is 5.66. The molecule has 0 rings (SSSR count). The van der Waals surface area contributed by atoms with E-state index < -0.39 is 0 Å². The van der Waals surface area contributed by atoms with Crippen molar-refractivity contribution in [1.29, 1.82) is 0 Å². The summed E-state index contributed by atoms with van der Waals surface area (Å²) in [5, 5.41) is 0. The van der Waals surface area contributed by atoms with Gasteiger partial charge in [0.05, 0.1) is 6.42 Å². The number of rotatable bonds is 11. The van der Waals surface area contributed by atoms with Crippen molar-refractivity contribution in [3.8, 4) is 0 Å². The van der Waals surface area contributed by atoms with Crippen LogP contribution in [0.1, 0.15) is 78.6 Å². The maximum absolute atomic E-state index is 11.5. The average Bonchev–Trinajstić information content (AvgIpc) is 2.26. The first kappa shape index (κ1) is 16.3. The van der Waals surface area contributed by atoms with Gasteiger partial charge in [0.15, 0.2) is 0 Å². The minimum absolute atomic E-state index is 0.0126. The zero-order valence-electron chi connectivity index (χ0n) is 11.8. The summed E-state index contributed by atoms with van der Waals surface area (Å²) in [5.41, 5.74) is 0. The molecule has 0 bridgehead atoms. The lowest BCUT2D eigenvalue weighted by Crippen LogP contribution is -2.14. The maximum atomic E-state index is 11.5. The highest BCUT2D eigenvalue weighted by molar-refractivity contribution is 5.98. The Morgan fingerprint density at radius 3 is 2.00 bits per heavy atom. The quantitative estimate of drug-likeness (QED) is 0.398. The third kappa shape index (κ3) is 10.2. The lowest BCUT2D eigenvalue weighted by atomic mass is 9.95. The monoisotopic (exact) mass is 240 g/mol. The van der Waals surface area contributed by atoms with E-state index in [1.54, 1.807) is 0 Å². The standard InChI is InChI=1S/C15H28O2/c1-4-5-6-7-8-9-10-11-13(2)15(17)12-14(3)16/h13H,4-12H2,1-3H3. The van der Waals surface area contributed by atoms with Gasteiger partial charge in [0, 0.05) is 5.92 Å². The molecule has 0 aromatic carbocycles. The van der Waals surface area contributed by atoms with Crippen molar-refractivity contribution in [2.45, 2.75) is 78.6 Å². The number of ketones is 2. The van der Waals surface area contributed by atoms with Crippen LogP contribution in [0, 0.1) is 5.92 Å². The van der Waals surface area contributed by atoms with Gasteiger partial charge in [-0.15, -0.1) is 0 Å². The molecular weight excluding hydrogens is 212 g/mol. The number of hydrogen-bond acceptors (Lipinski definition) is 2. The number of carbonyl (C=O) groups excluding carboxylic acids is 2. The van der Waals surface area contributed by atoms with Gasteiger partial charge >= 0.3 is 0 Å². The predicted molar refractivity (Wildman–Crippen MR) is 72.1 cm³/mol. The van der Waals surface area contributed by atoms with Crippen molar-refractivity contribution >= 4 is 11.6 Å². The van der Waals surface area contributed by atoms with E-state index in [2.05, 4.69) is 6.92 Å². The van der Waals surface area contributed by atoms with Gasteiger partial charge in [0.1, 0.15) is 11.6 Å². The lowest BCUT2D eigenvalue weighted by Gasteiger charge is -2.08. The Labute approximate surface area is 106 Å². The van der Waals surface area contributed by atoms with E-state index >= 15 is 0 Å². The topological polar surface area (TPSA) is 34.1 Å². The SMILES string of the molecule is CCCCCCCCCC(C)C(=O)CC(C)=O. The molecule has 100 valence electrons. The van der Waals surface area contributed by atoms with Crippen molar-refractivity contribution in [2.75, 3.05) is 0 Å². The molecule has 0 saturated heterocycles. The van der Waals surface area contributed by atoms with E-state index in [-0.39, 0.29) is 23.9 Å². The fourth-order valence-electron chi connectivity index (χ4n) is 1.99. The summed E-state index contributed by atoms with van der Waals surface area (Å²) in [7, 11) is 0. The fraction of sp³-hybridized carbons (Fsp3) is 0.867. The third-order valence-corrected chi connectivity index (χ3v) is 3.21. The zero-order chi connectivity index (χ0) is 13.1. The second-order valence-electron chi connectivity index (χ2n) is 5.16. The van der Waals surface area contributed by atoms with E-state index in [1.165, 1.54) is 45.4 Å². The van der Waals surface area contributed by atoms with E-state index in [1.807, 2.05) is 6.92 Å². The Kier molecular flexibility index (Phi) is 10.1. The normalized spacial score (nSPS) is 12.4. The second kappa shape index (κ2) is 10.5. The fourth-order valence-corrected chi connectivity index (χ4v) is 1.99. The van der Waals surface area contributed by atoms with Crippen LogP contribution in [0.15, 0.2) is 0 Å². The molecule has 0 aliphatic heterocycles. The summed E-state index contributed by atoms with van der Waals surface area (Å²) in [6.07, 6.45) is 9.99. The molecule has 0 aliphatic carbocycles. The van der Waals surface area contributed by atoms with Gasteiger partial charge in [0.25, 0.3) is 0 Å². The summed E-state index contributed by atoms with van der Waals surface area (Å²) in [6, 6.07) is 0.